The van der Waals surface area contributed by atoms with Gasteiger partial charge >= 0.3 is 6.18 Å². The van der Waals surface area contributed by atoms with E-state index in [1.54, 1.807) is 25.3 Å². The first kappa shape index (κ1) is 21.1. The van der Waals surface area contributed by atoms with Gasteiger partial charge in [0.25, 0.3) is 0 Å². The van der Waals surface area contributed by atoms with Crippen molar-refractivity contribution in [2.45, 2.75) is 32.0 Å². The highest BCUT2D eigenvalue weighted by Crippen LogP contribution is 2.36. The monoisotopic (exact) mass is 436 g/mol. The molecule has 0 saturated heterocycles. The van der Waals surface area contributed by atoms with Gasteiger partial charge in [-0.1, -0.05) is 11.8 Å². The number of thioether (sulfide) groups is 1. The maximum Gasteiger partial charge on any atom is 0.417 e. The van der Waals surface area contributed by atoms with Crippen LogP contribution >= 0.6 is 23.1 Å². The second kappa shape index (κ2) is 8.00. The zero-order valence-corrected chi connectivity index (χ0v) is 17.3. The molecule has 5 nitrogen and oxygen atoms in total. The lowest BCUT2D eigenvalue weighted by molar-refractivity contribution is -0.138. The summed E-state index contributed by atoms with van der Waals surface area (Å²) in [5.41, 5.74) is 0.535. The molecule has 0 bridgehead atoms. The quantitative estimate of drug-likeness (QED) is 0.410. The smallest absolute Gasteiger partial charge is 0.294 e. The predicted molar refractivity (Wildman–Crippen MR) is 105 cm³/mol. The van der Waals surface area contributed by atoms with Crippen molar-refractivity contribution in [3.05, 3.63) is 57.5 Å². The number of alkyl halides is 3. The molecular formula is C19H15F3N4OS2. The van der Waals surface area contributed by atoms with E-state index in [4.69, 9.17) is 0 Å². The number of nitriles is 1. The van der Waals surface area contributed by atoms with Crippen molar-refractivity contribution in [1.82, 2.24) is 14.5 Å². The molecule has 0 N–H and O–H groups in total. The van der Waals surface area contributed by atoms with Gasteiger partial charge in [-0.25, -0.2) is 9.97 Å². The van der Waals surface area contributed by atoms with Crippen LogP contribution in [0.2, 0.25) is 0 Å². The molecule has 0 spiro atoms. The maximum absolute atomic E-state index is 13.2. The summed E-state index contributed by atoms with van der Waals surface area (Å²) in [4.78, 5) is 21.1. The number of carbonyl (C=O) groups is 1. The maximum atomic E-state index is 13.2. The molecule has 150 valence electrons. The van der Waals surface area contributed by atoms with E-state index in [9.17, 15) is 23.2 Å². The third kappa shape index (κ3) is 4.21. The minimum atomic E-state index is -4.67. The van der Waals surface area contributed by atoms with Gasteiger partial charge in [-0.15, -0.1) is 11.3 Å². The summed E-state index contributed by atoms with van der Waals surface area (Å²) >= 11 is 2.27. The molecule has 0 aliphatic heterocycles. The van der Waals surface area contributed by atoms with Crippen molar-refractivity contribution < 1.29 is 18.0 Å². The number of rotatable bonds is 5. The molecule has 0 radical (unpaired) electrons. The van der Waals surface area contributed by atoms with Crippen LogP contribution in [0.5, 0.6) is 0 Å². The molecular weight excluding hydrogens is 421 g/mol. The highest BCUT2D eigenvalue weighted by molar-refractivity contribution is 8.00. The summed E-state index contributed by atoms with van der Waals surface area (Å²) < 4.78 is 41.6. The minimum Gasteiger partial charge on any atom is -0.294 e. The fraction of sp³-hybridized carbons (Fsp3) is 0.263. The second-order valence-corrected chi connectivity index (χ2v) is 8.08. The van der Waals surface area contributed by atoms with Gasteiger partial charge in [0.15, 0.2) is 10.9 Å². The van der Waals surface area contributed by atoms with E-state index in [1.165, 1.54) is 18.3 Å². The molecule has 0 fully saturated rings. The summed E-state index contributed by atoms with van der Waals surface area (Å²) in [6.07, 6.45) is -3.00. The minimum absolute atomic E-state index is 0.0955. The first-order valence-electron chi connectivity index (χ1n) is 8.37. The van der Waals surface area contributed by atoms with Crippen LogP contribution < -0.4 is 0 Å². The number of pyridine rings is 1. The van der Waals surface area contributed by atoms with Crippen molar-refractivity contribution in [1.29, 1.82) is 5.26 Å². The topological polar surface area (TPSA) is 71.6 Å². The molecule has 0 aliphatic carbocycles. The number of carbonyl (C=O) groups excluding carboxylic acids is 1. The average Bonchev–Trinajstić information content (AvgIpc) is 3.26. The number of aryl methyl sites for hydroxylation is 2. The number of Topliss-reactive ketones (excluding diaryl/α,β-unsaturated/α-hetero) is 1. The van der Waals surface area contributed by atoms with E-state index in [0.29, 0.717) is 11.3 Å². The zero-order valence-electron chi connectivity index (χ0n) is 15.7. The first-order valence-corrected chi connectivity index (χ1v) is 10.2. The Labute approximate surface area is 173 Å². The summed E-state index contributed by atoms with van der Waals surface area (Å²) in [6.45, 7) is 5.06. The molecule has 3 aromatic heterocycles. The first-order chi connectivity index (χ1) is 13.6. The van der Waals surface area contributed by atoms with E-state index < -0.39 is 17.3 Å². The van der Waals surface area contributed by atoms with Crippen molar-refractivity contribution in [2.24, 2.45) is 0 Å². The molecule has 3 rings (SSSR count). The number of halogens is 3. The molecule has 3 aromatic rings. The number of hydrogen-bond donors (Lipinski definition) is 0. The summed E-state index contributed by atoms with van der Waals surface area (Å²) in [5.74, 6) is -0.392. The van der Waals surface area contributed by atoms with Gasteiger partial charge in [0.2, 0.25) is 0 Å². The van der Waals surface area contributed by atoms with Gasteiger partial charge < -0.3 is 0 Å². The zero-order chi connectivity index (χ0) is 21.3. The van der Waals surface area contributed by atoms with Crippen LogP contribution in [0.15, 0.2) is 28.7 Å². The molecule has 3 heterocycles. The molecule has 0 aromatic carbocycles. The SMILES string of the molecule is Cc1cc(C(F)(F)F)c(C#N)c(SCC(=O)c2cc(C)n(-c3nccs3)c2C)n1. The van der Waals surface area contributed by atoms with E-state index in [0.717, 1.165) is 28.7 Å². The molecule has 10 heteroatoms. The number of aromatic nitrogens is 3. The Kier molecular flexibility index (Phi) is 5.82. The number of ketones is 1. The predicted octanol–water partition coefficient (Wildman–Crippen LogP) is 5.12. The molecule has 0 aliphatic rings. The molecule has 0 amide bonds. The summed E-state index contributed by atoms with van der Waals surface area (Å²) in [6, 6.07) is 4.15. The van der Waals surface area contributed by atoms with Crippen molar-refractivity contribution in [3.8, 4) is 11.2 Å². The Balaban J connectivity index is 1.89. The average molecular weight is 436 g/mol. The summed E-state index contributed by atoms with van der Waals surface area (Å²) in [5, 5.41) is 11.7. The number of hydrogen-bond acceptors (Lipinski definition) is 6. The van der Waals surface area contributed by atoms with Crippen LogP contribution in [0, 0.1) is 32.1 Å². The lowest BCUT2D eigenvalue weighted by atomic mass is 10.1. The third-order valence-electron chi connectivity index (χ3n) is 4.21. The lowest BCUT2D eigenvalue weighted by Gasteiger charge is -2.12. The van der Waals surface area contributed by atoms with E-state index in [-0.39, 0.29) is 22.3 Å². The highest BCUT2D eigenvalue weighted by Gasteiger charge is 2.35. The Hall–Kier alpha value is -2.64. The van der Waals surface area contributed by atoms with Crippen molar-refractivity contribution in [2.75, 3.05) is 5.75 Å². The molecule has 0 unspecified atom stereocenters. The van der Waals surface area contributed by atoms with E-state index in [1.807, 2.05) is 16.9 Å². The van der Waals surface area contributed by atoms with Crippen molar-refractivity contribution in [3.63, 3.8) is 0 Å². The van der Waals surface area contributed by atoms with Gasteiger partial charge in [-0.3, -0.25) is 9.36 Å². The van der Waals surface area contributed by atoms with Gasteiger partial charge in [0.1, 0.15) is 11.1 Å². The Morgan fingerprint density at radius 3 is 2.62 bits per heavy atom. The van der Waals surface area contributed by atoms with Gasteiger partial charge in [0, 0.05) is 34.2 Å². The van der Waals surface area contributed by atoms with Crippen molar-refractivity contribution >= 4 is 28.9 Å². The second-order valence-electron chi connectivity index (χ2n) is 6.25. The standard InChI is InChI=1S/C19H15F3N4OS2/c1-10-6-15(19(20,21)22)14(8-23)17(25-10)29-9-16(27)13-7-11(2)26(12(13)3)18-24-4-5-28-18/h4-7H,9H2,1-3H3. The van der Waals surface area contributed by atoms with Crippen LogP contribution in [0.25, 0.3) is 5.13 Å². The van der Waals surface area contributed by atoms with Gasteiger partial charge in [-0.05, 0) is 32.9 Å². The summed E-state index contributed by atoms with van der Waals surface area (Å²) in [7, 11) is 0. The van der Waals surface area contributed by atoms with E-state index >= 15 is 0 Å². The van der Waals surface area contributed by atoms with Gasteiger partial charge in [0.05, 0.1) is 16.9 Å². The normalized spacial score (nSPS) is 11.5. The third-order valence-corrected chi connectivity index (χ3v) is 5.95. The van der Waals surface area contributed by atoms with Crippen LogP contribution in [-0.4, -0.2) is 26.1 Å². The Morgan fingerprint density at radius 1 is 1.31 bits per heavy atom. The molecule has 0 saturated carbocycles. The van der Waals surface area contributed by atoms with E-state index in [2.05, 4.69) is 9.97 Å². The van der Waals surface area contributed by atoms with Crippen LogP contribution in [0.3, 0.4) is 0 Å². The lowest BCUT2D eigenvalue weighted by Crippen LogP contribution is -2.11. The fourth-order valence-electron chi connectivity index (χ4n) is 2.96. The Morgan fingerprint density at radius 2 is 2.03 bits per heavy atom. The van der Waals surface area contributed by atoms with Crippen LogP contribution in [0.1, 0.15) is 38.6 Å². The number of thiazole rings is 1. The Bertz CT molecular complexity index is 1110. The largest absolute Gasteiger partial charge is 0.417 e. The molecule has 29 heavy (non-hydrogen) atoms. The van der Waals surface area contributed by atoms with Gasteiger partial charge in [-0.2, -0.15) is 18.4 Å². The van der Waals surface area contributed by atoms with Crippen LogP contribution in [-0.2, 0) is 6.18 Å². The fourth-order valence-corrected chi connectivity index (χ4v) is 4.64. The van der Waals surface area contributed by atoms with Crippen LogP contribution in [0.4, 0.5) is 13.2 Å². The number of nitrogens with zero attached hydrogens (tertiary/aromatic N) is 4. The highest BCUT2D eigenvalue weighted by atomic mass is 32.2. The molecule has 0 atom stereocenters.